The monoisotopic (exact) mass is 318 g/mol. The first kappa shape index (κ1) is 14.2. The average molecular weight is 319 g/mol. The van der Waals surface area contributed by atoms with Crippen molar-refractivity contribution in [3.05, 3.63) is 70.5 Å². The summed E-state index contributed by atoms with van der Waals surface area (Å²) >= 11 is 7.86. The zero-order valence-electron chi connectivity index (χ0n) is 11.3. The van der Waals surface area contributed by atoms with E-state index in [4.69, 9.17) is 11.6 Å². The molecule has 0 aliphatic carbocycles. The molecule has 1 aromatic heterocycles. The minimum atomic E-state index is -0.320. The average Bonchev–Trinajstić information content (AvgIpc) is 3.00. The summed E-state index contributed by atoms with van der Waals surface area (Å²) < 4.78 is 13.3. The van der Waals surface area contributed by atoms with Gasteiger partial charge in [-0.05, 0) is 36.2 Å². The number of hydrogen-bond acceptors (Lipinski definition) is 3. The maximum atomic E-state index is 13.3. The van der Waals surface area contributed by atoms with Gasteiger partial charge in [-0.25, -0.2) is 4.39 Å². The number of hydrogen-bond donors (Lipinski definition) is 0. The van der Waals surface area contributed by atoms with Gasteiger partial charge in [0.15, 0.2) is 0 Å². The summed E-state index contributed by atoms with van der Waals surface area (Å²) in [6.45, 7) is 1.73. The van der Waals surface area contributed by atoms with Crippen LogP contribution >= 0.6 is 22.9 Å². The van der Waals surface area contributed by atoms with E-state index in [9.17, 15) is 4.39 Å². The summed E-state index contributed by atoms with van der Waals surface area (Å²) in [4.78, 5) is 0. The molecule has 21 heavy (non-hydrogen) atoms. The fraction of sp³-hybridized carbons (Fsp3) is 0.125. The Morgan fingerprint density at radius 2 is 1.86 bits per heavy atom. The highest BCUT2D eigenvalue weighted by Gasteiger charge is 2.17. The lowest BCUT2D eigenvalue weighted by molar-refractivity contribution is 0.619. The van der Waals surface area contributed by atoms with Gasteiger partial charge in [0.1, 0.15) is 21.2 Å². The molecule has 0 aliphatic rings. The Morgan fingerprint density at radius 1 is 1.10 bits per heavy atom. The van der Waals surface area contributed by atoms with Crippen LogP contribution in [0.25, 0.3) is 10.6 Å². The molecule has 0 spiro atoms. The number of aromatic nitrogens is 2. The van der Waals surface area contributed by atoms with Crippen molar-refractivity contribution >= 4 is 22.9 Å². The van der Waals surface area contributed by atoms with Crippen molar-refractivity contribution in [3.8, 4) is 10.6 Å². The standard InChI is InChI=1S/C16H12ClFN2S/c1-10-9-12(7-8-13(10)18)15-19-20-16(21-15)14(17)11-5-3-2-4-6-11/h2-9,14H,1H3. The molecule has 1 atom stereocenters. The number of benzene rings is 2. The van der Waals surface area contributed by atoms with Crippen LogP contribution in [0.15, 0.2) is 48.5 Å². The number of halogens is 2. The van der Waals surface area contributed by atoms with E-state index in [-0.39, 0.29) is 11.2 Å². The number of aryl methyl sites for hydroxylation is 1. The Kier molecular flexibility index (Phi) is 3.99. The molecule has 0 amide bonds. The molecule has 0 saturated heterocycles. The molecule has 1 unspecified atom stereocenters. The van der Waals surface area contributed by atoms with Crippen LogP contribution in [0.4, 0.5) is 4.39 Å². The van der Waals surface area contributed by atoms with E-state index < -0.39 is 0 Å². The first-order chi connectivity index (χ1) is 10.1. The quantitative estimate of drug-likeness (QED) is 0.636. The number of rotatable bonds is 3. The Labute approximate surface area is 131 Å². The largest absolute Gasteiger partial charge is 0.207 e. The lowest BCUT2D eigenvalue weighted by Gasteiger charge is -2.04. The van der Waals surface area contributed by atoms with Gasteiger partial charge in [-0.1, -0.05) is 41.7 Å². The van der Waals surface area contributed by atoms with Crippen molar-refractivity contribution in [2.75, 3.05) is 0 Å². The van der Waals surface area contributed by atoms with Gasteiger partial charge in [-0.3, -0.25) is 0 Å². The molecule has 0 saturated carbocycles. The van der Waals surface area contributed by atoms with Crippen LogP contribution in [0.2, 0.25) is 0 Å². The highest BCUT2D eigenvalue weighted by Crippen LogP contribution is 2.34. The second-order valence-electron chi connectivity index (χ2n) is 4.68. The highest BCUT2D eigenvalue weighted by molar-refractivity contribution is 7.15. The smallest absolute Gasteiger partial charge is 0.147 e. The van der Waals surface area contributed by atoms with Crippen molar-refractivity contribution in [1.29, 1.82) is 0 Å². The summed E-state index contributed by atoms with van der Waals surface area (Å²) in [6, 6.07) is 14.7. The van der Waals surface area contributed by atoms with Crippen LogP contribution in [0.1, 0.15) is 21.5 Å². The van der Waals surface area contributed by atoms with E-state index in [0.717, 1.165) is 21.1 Å². The minimum absolute atomic E-state index is 0.219. The van der Waals surface area contributed by atoms with Crippen molar-refractivity contribution < 1.29 is 4.39 Å². The molecule has 0 fully saturated rings. The van der Waals surface area contributed by atoms with Crippen molar-refractivity contribution in [2.45, 2.75) is 12.3 Å². The third kappa shape index (κ3) is 2.96. The predicted molar refractivity (Wildman–Crippen MR) is 84.2 cm³/mol. The maximum absolute atomic E-state index is 13.3. The first-order valence-electron chi connectivity index (χ1n) is 6.44. The topological polar surface area (TPSA) is 25.8 Å². The zero-order valence-corrected chi connectivity index (χ0v) is 12.8. The maximum Gasteiger partial charge on any atom is 0.147 e. The number of alkyl halides is 1. The normalized spacial score (nSPS) is 12.3. The lowest BCUT2D eigenvalue weighted by atomic mass is 10.1. The molecule has 0 bridgehead atoms. The summed E-state index contributed by atoms with van der Waals surface area (Å²) in [5.41, 5.74) is 2.43. The molecule has 1 heterocycles. The molecule has 106 valence electrons. The van der Waals surface area contributed by atoms with Gasteiger partial charge in [-0.15, -0.1) is 21.8 Å². The lowest BCUT2D eigenvalue weighted by Crippen LogP contribution is -1.91. The van der Waals surface area contributed by atoms with Crippen molar-refractivity contribution in [1.82, 2.24) is 10.2 Å². The minimum Gasteiger partial charge on any atom is -0.207 e. The Morgan fingerprint density at radius 3 is 2.57 bits per heavy atom. The summed E-state index contributed by atoms with van der Waals surface area (Å²) in [6.07, 6.45) is 0. The van der Waals surface area contributed by atoms with E-state index in [1.807, 2.05) is 30.3 Å². The molecular formula is C16H12ClFN2S. The van der Waals surface area contributed by atoms with Crippen molar-refractivity contribution in [3.63, 3.8) is 0 Å². The predicted octanol–water partition coefficient (Wildman–Crippen LogP) is 4.98. The van der Waals surface area contributed by atoms with Gasteiger partial charge in [0.2, 0.25) is 0 Å². The van der Waals surface area contributed by atoms with Crippen LogP contribution in [0.5, 0.6) is 0 Å². The van der Waals surface area contributed by atoms with E-state index in [1.54, 1.807) is 19.1 Å². The first-order valence-corrected chi connectivity index (χ1v) is 7.69. The summed E-state index contributed by atoms with van der Waals surface area (Å²) in [5, 5.41) is 9.49. The molecule has 0 N–H and O–H groups in total. The van der Waals surface area contributed by atoms with Crippen LogP contribution in [0.3, 0.4) is 0 Å². The highest BCUT2D eigenvalue weighted by atomic mass is 35.5. The second-order valence-corrected chi connectivity index (χ2v) is 6.13. The molecule has 0 aliphatic heterocycles. The van der Waals surface area contributed by atoms with Gasteiger partial charge < -0.3 is 0 Å². The van der Waals surface area contributed by atoms with Crippen LogP contribution < -0.4 is 0 Å². The molecule has 2 aromatic carbocycles. The molecule has 0 radical (unpaired) electrons. The van der Waals surface area contributed by atoms with Crippen molar-refractivity contribution in [2.24, 2.45) is 0 Å². The van der Waals surface area contributed by atoms with Crippen LogP contribution in [0, 0.1) is 12.7 Å². The van der Waals surface area contributed by atoms with Gasteiger partial charge in [0.05, 0.1) is 0 Å². The Balaban J connectivity index is 1.91. The zero-order chi connectivity index (χ0) is 14.8. The fourth-order valence-corrected chi connectivity index (χ4v) is 3.16. The van der Waals surface area contributed by atoms with Gasteiger partial charge in [0.25, 0.3) is 0 Å². The van der Waals surface area contributed by atoms with Gasteiger partial charge >= 0.3 is 0 Å². The fourth-order valence-electron chi connectivity index (χ4n) is 2.00. The summed E-state index contributed by atoms with van der Waals surface area (Å²) in [5.74, 6) is -0.219. The van der Waals surface area contributed by atoms with Gasteiger partial charge in [0, 0.05) is 5.56 Å². The van der Waals surface area contributed by atoms with Crippen LogP contribution in [-0.4, -0.2) is 10.2 Å². The van der Waals surface area contributed by atoms with E-state index in [0.29, 0.717) is 5.56 Å². The van der Waals surface area contributed by atoms with E-state index in [1.165, 1.54) is 17.4 Å². The third-order valence-electron chi connectivity index (χ3n) is 3.15. The molecule has 2 nitrogen and oxygen atoms in total. The molecule has 3 rings (SSSR count). The SMILES string of the molecule is Cc1cc(-c2nnc(C(Cl)c3ccccc3)s2)ccc1F. The van der Waals surface area contributed by atoms with E-state index >= 15 is 0 Å². The molecular weight excluding hydrogens is 307 g/mol. The van der Waals surface area contributed by atoms with Crippen LogP contribution in [-0.2, 0) is 0 Å². The van der Waals surface area contributed by atoms with Gasteiger partial charge in [-0.2, -0.15) is 0 Å². The Bertz CT molecular complexity index is 758. The third-order valence-corrected chi connectivity index (χ3v) is 4.78. The van der Waals surface area contributed by atoms with E-state index in [2.05, 4.69) is 10.2 Å². The molecule has 5 heteroatoms. The summed E-state index contributed by atoms with van der Waals surface area (Å²) in [7, 11) is 0. The Hall–Kier alpha value is -1.78. The number of nitrogens with zero attached hydrogens (tertiary/aromatic N) is 2. The second kappa shape index (κ2) is 5.92. The molecule has 3 aromatic rings.